The van der Waals surface area contributed by atoms with Gasteiger partial charge in [-0.3, -0.25) is 0 Å². The van der Waals surface area contributed by atoms with Gasteiger partial charge in [0.15, 0.2) is 20.0 Å². The molecule has 0 atom stereocenters. The lowest BCUT2D eigenvalue weighted by molar-refractivity contribution is -0.890. The third-order valence-electron chi connectivity index (χ3n) is 4.66. The number of halogens is 10. The van der Waals surface area contributed by atoms with Gasteiger partial charge in [0.2, 0.25) is 0 Å². The average Bonchev–Trinajstić information content (AvgIpc) is 3.10. The summed E-state index contributed by atoms with van der Waals surface area (Å²) in [7, 11) is -10.3. The molecule has 1 aliphatic rings. The Labute approximate surface area is 195 Å². The first-order valence-corrected chi connectivity index (χ1v) is 13.7. The van der Waals surface area contributed by atoms with E-state index >= 15 is 0 Å². The molecular weight excluding hydrogens is 578 g/mol. The first-order valence-electron chi connectivity index (χ1n) is 8.92. The van der Waals surface area contributed by atoms with Crippen LogP contribution in [0.5, 0.6) is 0 Å². The van der Waals surface area contributed by atoms with Crippen LogP contribution in [0.3, 0.4) is 0 Å². The maximum atomic E-state index is 12.3. The molecule has 0 unspecified atom stereocenters. The molecule has 9 nitrogen and oxygen atoms in total. The molecule has 0 amide bonds. The molecule has 0 saturated carbocycles. The molecule has 1 fully saturated rings. The summed E-state index contributed by atoms with van der Waals surface area (Å²) in [4.78, 5) is 0. The molecular formula is C13H22F10N2O7S2Si. The Morgan fingerprint density at radius 2 is 1.00 bits per heavy atom. The summed E-state index contributed by atoms with van der Waals surface area (Å²) in [6.07, 6.45) is -10.5. The Balaban J connectivity index is 0.000000712. The molecule has 1 aliphatic heterocycles. The molecule has 0 spiro atoms. The minimum Gasteiger partial charge on any atom is -0.425 e. The number of hydrogen-bond acceptors (Lipinski definition) is 7. The number of alkyl halides is 10. The smallest absolute Gasteiger partial charge is 0.425 e. The van der Waals surface area contributed by atoms with Crippen molar-refractivity contribution in [1.29, 1.82) is 0 Å². The lowest BCUT2D eigenvalue weighted by Crippen LogP contribution is -2.59. The number of quaternary nitrogens is 1. The largest absolute Gasteiger partial charge is 0.558 e. The summed E-state index contributed by atoms with van der Waals surface area (Å²) in [5, 5.41) is -14.0. The third-order valence-corrected chi connectivity index (χ3v) is 11.0. The molecule has 35 heavy (non-hydrogen) atoms. The van der Waals surface area contributed by atoms with Crippen LogP contribution in [0, 0.1) is 0 Å². The van der Waals surface area contributed by atoms with E-state index in [1.165, 1.54) is 25.9 Å². The van der Waals surface area contributed by atoms with Gasteiger partial charge in [-0.1, -0.05) is 0 Å². The van der Waals surface area contributed by atoms with Crippen molar-refractivity contribution < 1.29 is 78.5 Å². The number of rotatable bonds is 9. The zero-order valence-corrected chi connectivity index (χ0v) is 21.0. The van der Waals surface area contributed by atoms with Crippen molar-refractivity contribution in [2.75, 3.05) is 47.6 Å². The second-order valence-electron chi connectivity index (χ2n) is 7.28. The van der Waals surface area contributed by atoms with E-state index in [0.717, 1.165) is 10.7 Å². The Bertz CT molecular complexity index is 854. The van der Waals surface area contributed by atoms with Gasteiger partial charge in [-0.05, 0) is 0 Å². The zero-order chi connectivity index (χ0) is 28.4. The number of hydrogen-bond donors (Lipinski definition) is 0. The SMILES string of the molecule is CO[Si](C[N+]1(C)CCCC1)(OC)OC.O=S(=O)([N-]S(=O)(=O)C(F)(F)C(F)(F)F)C(F)(F)C(F)(F)F. The van der Waals surface area contributed by atoms with Crippen LogP contribution in [0.1, 0.15) is 12.8 Å². The monoisotopic (exact) mass is 600 g/mol. The molecule has 0 aliphatic carbocycles. The maximum Gasteiger partial charge on any atom is 0.558 e. The zero-order valence-electron chi connectivity index (χ0n) is 18.4. The molecule has 22 heteroatoms. The van der Waals surface area contributed by atoms with Crippen molar-refractivity contribution in [3.05, 3.63) is 4.13 Å². The molecule has 0 aromatic carbocycles. The minimum absolute atomic E-state index is 0.422. The average molecular weight is 601 g/mol. The fourth-order valence-electron chi connectivity index (χ4n) is 2.68. The molecule has 0 aromatic rings. The fourth-order valence-corrected chi connectivity index (χ4v) is 7.19. The van der Waals surface area contributed by atoms with Crippen molar-refractivity contribution in [3.63, 3.8) is 0 Å². The van der Waals surface area contributed by atoms with Crippen LogP contribution in [0.25, 0.3) is 4.13 Å². The number of likely N-dealkylation sites (tertiary alicyclic amines) is 1. The molecule has 212 valence electrons. The van der Waals surface area contributed by atoms with E-state index in [4.69, 9.17) is 13.3 Å². The van der Waals surface area contributed by atoms with E-state index in [1.54, 1.807) is 21.3 Å². The molecule has 0 bridgehead atoms. The number of nitrogens with zero attached hydrogens (tertiary/aromatic N) is 2. The van der Waals surface area contributed by atoms with Gasteiger partial charge in [-0.15, -0.1) is 0 Å². The summed E-state index contributed by atoms with van der Waals surface area (Å²) < 4.78 is 178. The number of sulfonamides is 2. The summed E-state index contributed by atoms with van der Waals surface area (Å²) in [6, 6.07) is 0. The van der Waals surface area contributed by atoms with E-state index in [9.17, 15) is 60.7 Å². The van der Waals surface area contributed by atoms with Crippen molar-refractivity contribution in [3.8, 4) is 0 Å². The fraction of sp³-hybridized carbons (Fsp3) is 1.00. The van der Waals surface area contributed by atoms with E-state index < -0.39 is 51.7 Å². The van der Waals surface area contributed by atoms with E-state index in [-0.39, 0.29) is 0 Å². The summed E-state index contributed by atoms with van der Waals surface area (Å²) in [6.45, 7) is 2.43. The predicted molar refractivity (Wildman–Crippen MR) is 100 cm³/mol. The summed E-state index contributed by atoms with van der Waals surface area (Å²) in [5.41, 5.74) is 0. The van der Waals surface area contributed by atoms with Crippen LogP contribution in [-0.2, 0) is 33.3 Å². The van der Waals surface area contributed by atoms with Crippen molar-refractivity contribution in [1.82, 2.24) is 0 Å². The van der Waals surface area contributed by atoms with Crippen LogP contribution >= 0.6 is 0 Å². The highest BCUT2D eigenvalue weighted by atomic mass is 32.3. The normalized spacial score (nSPS) is 18.2. The highest BCUT2D eigenvalue weighted by Crippen LogP contribution is 2.47. The molecule has 1 saturated heterocycles. The first kappa shape index (κ1) is 34.2. The lowest BCUT2D eigenvalue weighted by Gasteiger charge is -2.35. The lowest BCUT2D eigenvalue weighted by atomic mass is 10.4. The van der Waals surface area contributed by atoms with Crippen LogP contribution in [-0.4, -0.2) is 101 Å². The van der Waals surface area contributed by atoms with Crippen LogP contribution < -0.4 is 0 Å². The quantitative estimate of drug-likeness (QED) is 0.227. The highest BCUT2D eigenvalue weighted by Gasteiger charge is 2.68. The van der Waals surface area contributed by atoms with Crippen LogP contribution in [0.4, 0.5) is 43.9 Å². The summed E-state index contributed by atoms with van der Waals surface area (Å²) >= 11 is 0. The second-order valence-corrected chi connectivity index (χ2v) is 13.7. The van der Waals surface area contributed by atoms with Gasteiger partial charge in [-0.25, -0.2) is 16.8 Å². The Hall–Kier alpha value is -0.783. The second kappa shape index (κ2) is 10.9. The minimum atomic E-state index is -7.62. The van der Waals surface area contributed by atoms with Gasteiger partial charge >= 0.3 is 31.7 Å². The molecule has 0 radical (unpaired) electrons. The van der Waals surface area contributed by atoms with Crippen LogP contribution in [0.15, 0.2) is 0 Å². The Kier molecular flexibility index (Phi) is 10.7. The Morgan fingerprint density at radius 1 is 0.714 bits per heavy atom. The maximum absolute atomic E-state index is 12.3. The third kappa shape index (κ3) is 7.61. The summed E-state index contributed by atoms with van der Waals surface area (Å²) in [5.74, 6) is 0. The van der Waals surface area contributed by atoms with Gasteiger partial charge < -0.3 is 21.9 Å². The molecule has 1 heterocycles. The van der Waals surface area contributed by atoms with E-state index in [1.807, 2.05) is 0 Å². The molecule has 0 N–H and O–H groups in total. The topological polar surface area (TPSA) is 110 Å². The van der Waals surface area contributed by atoms with Crippen molar-refractivity contribution in [2.24, 2.45) is 0 Å². The van der Waals surface area contributed by atoms with Gasteiger partial charge in [-0.2, -0.15) is 43.9 Å². The van der Waals surface area contributed by atoms with Gasteiger partial charge in [0.1, 0.15) is 6.17 Å². The van der Waals surface area contributed by atoms with Crippen molar-refractivity contribution >= 4 is 28.9 Å². The standard InChI is InChI=1S/C9H22NO3Si.C4F10NO4S2/c1-10(7-5-6-8-10)9-14(11-2,12-3)13-4;5-1(6,7)3(11,12)20(16,17)15-21(18,19)4(13,14)2(8,9)10/h5-9H2,1-4H3;/q+1;-1. The highest BCUT2D eigenvalue weighted by molar-refractivity contribution is 8.13. The van der Waals surface area contributed by atoms with Gasteiger partial charge in [0.25, 0.3) is 0 Å². The Morgan fingerprint density at radius 3 is 1.23 bits per heavy atom. The van der Waals surface area contributed by atoms with Crippen LogP contribution in [0.2, 0.25) is 0 Å². The molecule has 0 aromatic heterocycles. The van der Waals surface area contributed by atoms with Gasteiger partial charge in [0.05, 0.1) is 20.1 Å². The van der Waals surface area contributed by atoms with Gasteiger partial charge in [0, 0.05) is 34.2 Å². The molecule has 1 rings (SSSR count). The first-order chi connectivity index (χ1) is 15.3. The van der Waals surface area contributed by atoms with Crippen molar-refractivity contribution in [2.45, 2.75) is 35.7 Å². The van der Waals surface area contributed by atoms with E-state index in [2.05, 4.69) is 7.05 Å². The van der Waals surface area contributed by atoms with E-state index in [0.29, 0.717) is 4.13 Å². The predicted octanol–water partition coefficient (Wildman–Crippen LogP) is 2.97.